The van der Waals surface area contributed by atoms with Crippen LogP contribution in [0.5, 0.6) is 0 Å². The second-order valence-electron chi connectivity index (χ2n) is 6.25. The van der Waals surface area contributed by atoms with Crippen LogP contribution in [0.1, 0.15) is 38.8 Å². The number of benzene rings is 1. The summed E-state index contributed by atoms with van der Waals surface area (Å²) in [4.78, 5) is 12.3. The van der Waals surface area contributed by atoms with Crippen molar-refractivity contribution in [1.82, 2.24) is 4.72 Å². The molecule has 2 rings (SSSR count). The van der Waals surface area contributed by atoms with Gasteiger partial charge in [0.15, 0.2) is 0 Å². The lowest BCUT2D eigenvalue weighted by Crippen LogP contribution is -2.41. The van der Waals surface area contributed by atoms with Crippen LogP contribution in [-0.4, -0.2) is 20.4 Å². The van der Waals surface area contributed by atoms with Gasteiger partial charge in [-0.05, 0) is 49.4 Å². The highest BCUT2D eigenvalue weighted by Crippen LogP contribution is 2.29. The highest BCUT2D eigenvalue weighted by atomic mass is 32.2. The molecule has 0 spiro atoms. The van der Waals surface area contributed by atoms with Gasteiger partial charge in [-0.2, -0.15) is 0 Å². The average Bonchev–Trinajstić information content (AvgIpc) is 2.99. The van der Waals surface area contributed by atoms with E-state index in [0.29, 0.717) is 0 Å². The van der Waals surface area contributed by atoms with Gasteiger partial charge in [-0.25, -0.2) is 0 Å². The third-order valence-corrected chi connectivity index (χ3v) is 5.81. The summed E-state index contributed by atoms with van der Waals surface area (Å²) in [5, 5.41) is 11.2. The van der Waals surface area contributed by atoms with Gasteiger partial charge in [-0.15, -0.1) is 16.1 Å². The molecule has 2 aromatic rings. The van der Waals surface area contributed by atoms with E-state index >= 15 is 0 Å². The molecule has 0 aliphatic rings. The van der Waals surface area contributed by atoms with Crippen LogP contribution in [0, 0.1) is 0 Å². The lowest BCUT2D eigenvalue weighted by Gasteiger charge is -2.27. The third-order valence-electron chi connectivity index (χ3n) is 3.28. The third kappa shape index (κ3) is 5.07. The normalized spacial score (nSPS) is 14.4. The van der Waals surface area contributed by atoms with E-state index in [4.69, 9.17) is 0 Å². The molecule has 0 saturated heterocycles. The quantitative estimate of drug-likeness (QED) is 0.772. The molecule has 4 nitrogen and oxygen atoms in total. The maximum absolute atomic E-state index is 12.4. The fraction of sp³-hybridized carbons (Fsp3) is 0.353. The molecule has 23 heavy (non-hydrogen) atoms. The van der Waals surface area contributed by atoms with Crippen LogP contribution in [0.15, 0.2) is 41.8 Å². The Bertz CT molecular complexity index is 650. The van der Waals surface area contributed by atoms with Gasteiger partial charge >= 0.3 is 5.97 Å². The predicted octanol–water partition coefficient (Wildman–Crippen LogP) is 3.98. The SMILES string of the molecule is CC(C)(C)[S@@+]([O-])NC(CC(=O)O)c1cccc(-c2cccs2)c1. The van der Waals surface area contributed by atoms with Gasteiger partial charge in [-0.1, -0.05) is 24.3 Å². The summed E-state index contributed by atoms with van der Waals surface area (Å²) in [5.41, 5.74) is 1.87. The fourth-order valence-electron chi connectivity index (χ4n) is 2.06. The largest absolute Gasteiger partial charge is 0.598 e. The van der Waals surface area contributed by atoms with E-state index in [-0.39, 0.29) is 6.42 Å². The standard InChI is InChI=1S/C17H21NO3S2/c1-17(2,3)23(21)18-14(11-16(19)20)12-6-4-7-13(10-12)15-8-5-9-22-15/h4-10,14,18H,11H2,1-3H3,(H,19,20)/t14?,23-/m1/s1. The molecule has 1 aromatic heterocycles. The first-order valence-electron chi connectivity index (χ1n) is 7.31. The second-order valence-corrected chi connectivity index (χ2v) is 9.20. The first-order valence-corrected chi connectivity index (χ1v) is 9.34. The second kappa shape index (κ2) is 7.49. The maximum atomic E-state index is 12.4. The van der Waals surface area contributed by atoms with E-state index in [1.54, 1.807) is 11.3 Å². The molecule has 2 atom stereocenters. The van der Waals surface area contributed by atoms with Gasteiger partial charge < -0.3 is 9.66 Å². The molecule has 0 saturated carbocycles. The van der Waals surface area contributed by atoms with Gasteiger partial charge in [0, 0.05) is 16.2 Å². The molecule has 0 aliphatic carbocycles. The Morgan fingerprint density at radius 3 is 2.65 bits per heavy atom. The molecule has 124 valence electrons. The Balaban J connectivity index is 2.28. The number of aliphatic carboxylic acids is 1. The van der Waals surface area contributed by atoms with Crippen LogP contribution in [0.25, 0.3) is 10.4 Å². The summed E-state index contributed by atoms with van der Waals surface area (Å²) >= 11 is 0.293. The van der Waals surface area contributed by atoms with Crippen LogP contribution >= 0.6 is 11.3 Å². The molecule has 1 heterocycles. The van der Waals surface area contributed by atoms with Crippen molar-refractivity contribution in [3.8, 4) is 10.4 Å². The van der Waals surface area contributed by atoms with Gasteiger partial charge in [0.2, 0.25) is 0 Å². The number of carbonyl (C=O) groups is 1. The highest BCUT2D eigenvalue weighted by Gasteiger charge is 2.30. The van der Waals surface area contributed by atoms with Gasteiger partial charge in [0.1, 0.15) is 4.75 Å². The molecule has 2 N–H and O–H groups in total. The van der Waals surface area contributed by atoms with Gasteiger partial charge in [0.25, 0.3) is 0 Å². The first kappa shape index (κ1) is 18.0. The zero-order valence-electron chi connectivity index (χ0n) is 13.4. The van der Waals surface area contributed by atoms with Crippen LogP contribution < -0.4 is 4.72 Å². The number of thiophene rings is 1. The molecule has 0 amide bonds. The Morgan fingerprint density at radius 1 is 1.35 bits per heavy atom. The van der Waals surface area contributed by atoms with Crippen molar-refractivity contribution in [2.24, 2.45) is 0 Å². The Morgan fingerprint density at radius 2 is 2.09 bits per heavy atom. The van der Waals surface area contributed by atoms with Gasteiger partial charge in [0.05, 0.1) is 12.5 Å². The Kier molecular flexibility index (Phi) is 5.86. The van der Waals surface area contributed by atoms with E-state index in [0.717, 1.165) is 16.0 Å². The van der Waals surface area contributed by atoms with E-state index in [2.05, 4.69) is 4.72 Å². The molecular formula is C17H21NO3S2. The summed E-state index contributed by atoms with van der Waals surface area (Å²) in [6, 6.07) is 11.2. The Labute approximate surface area is 143 Å². The molecule has 0 aliphatic heterocycles. The molecule has 6 heteroatoms. The van der Waals surface area contributed by atoms with Crippen LogP contribution in [0.2, 0.25) is 0 Å². The highest BCUT2D eigenvalue weighted by molar-refractivity contribution is 7.90. The van der Waals surface area contributed by atoms with Crippen molar-refractivity contribution in [2.45, 2.75) is 38.0 Å². The number of rotatable bonds is 6. The molecule has 0 radical (unpaired) electrons. The zero-order valence-corrected chi connectivity index (χ0v) is 15.0. The van der Waals surface area contributed by atoms with Crippen molar-refractivity contribution in [1.29, 1.82) is 0 Å². The minimum absolute atomic E-state index is 0.115. The number of hydrogen-bond acceptors (Lipinski definition) is 4. The number of hydrogen-bond donors (Lipinski definition) is 2. The molecule has 0 bridgehead atoms. The molecule has 1 aromatic carbocycles. The molecule has 1 unspecified atom stereocenters. The van der Waals surface area contributed by atoms with Crippen molar-refractivity contribution in [3.63, 3.8) is 0 Å². The predicted molar refractivity (Wildman–Crippen MR) is 95.8 cm³/mol. The van der Waals surface area contributed by atoms with Gasteiger partial charge in [-0.3, -0.25) is 4.79 Å². The Hall–Kier alpha value is -1.34. The summed E-state index contributed by atoms with van der Waals surface area (Å²) in [6.45, 7) is 5.57. The van der Waals surface area contributed by atoms with E-state index < -0.39 is 28.1 Å². The fourth-order valence-corrected chi connectivity index (χ4v) is 3.61. The molecule has 0 fully saturated rings. The van der Waals surface area contributed by atoms with Crippen LogP contribution in [0.3, 0.4) is 0 Å². The number of carboxylic acid groups (broad SMARTS) is 1. The summed E-state index contributed by atoms with van der Waals surface area (Å²) in [7, 11) is 0. The summed E-state index contributed by atoms with van der Waals surface area (Å²) in [5.74, 6) is -0.921. The monoisotopic (exact) mass is 351 g/mol. The molecular weight excluding hydrogens is 330 g/mol. The zero-order chi connectivity index (χ0) is 17.0. The smallest absolute Gasteiger partial charge is 0.305 e. The minimum Gasteiger partial charge on any atom is -0.598 e. The first-order chi connectivity index (χ1) is 10.8. The van der Waals surface area contributed by atoms with Crippen molar-refractivity contribution in [2.75, 3.05) is 0 Å². The lowest BCUT2D eigenvalue weighted by molar-refractivity contribution is -0.137. The van der Waals surface area contributed by atoms with Crippen molar-refractivity contribution >= 4 is 28.7 Å². The van der Waals surface area contributed by atoms with Crippen LogP contribution in [0.4, 0.5) is 0 Å². The van der Waals surface area contributed by atoms with E-state index in [1.165, 1.54) is 0 Å². The minimum atomic E-state index is -1.34. The van der Waals surface area contributed by atoms with Crippen molar-refractivity contribution in [3.05, 3.63) is 47.3 Å². The summed E-state index contributed by atoms with van der Waals surface area (Å²) in [6.07, 6.45) is -0.115. The van der Waals surface area contributed by atoms with E-state index in [9.17, 15) is 14.5 Å². The average molecular weight is 351 g/mol. The van der Waals surface area contributed by atoms with Crippen LogP contribution in [-0.2, 0) is 16.2 Å². The van der Waals surface area contributed by atoms with Crippen molar-refractivity contribution < 1.29 is 14.5 Å². The lowest BCUT2D eigenvalue weighted by atomic mass is 10.0. The summed E-state index contributed by atoms with van der Waals surface area (Å²) < 4.78 is 14.9. The van der Waals surface area contributed by atoms with E-state index in [1.807, 2.05) is 62.5 Å². The maximum Gasteiger partial charge on any atom is 0.305 e. The number of carboxylic acids is 1. The number of nitrogens with one attached hydrogen (secondary N) is 1. The topological polar surface area (TPSA) is 72.4 Å².